The van der Waals surface area contributed by atoms with E-state index in [4.69, 9.17) is 9.47 Å². The number of ether oxygens (including phenoxy) is 2. The maximum atomic E-state index is 12.6. The Morgan fingerprint density at radius 3 is 2.62 bits per heavy atom. The molecule has 1 aromatic rings. The molecule has 3 unspecified atom stereocenters. The van der Waals surface area contributed by atoms with Gasteiger partial charge in [-0.15, -0.1) is 0 Å². The van der Waals surface area contributed by atoms with E-state index in [2.05, 4.69) is 41.0 Å². The smallest absolute Gasteiger partial charge is 0.315 e. The predicted octanol–water partition coefficient (Wildman–Crippen LogP) is 3.38. The summed E-state index contributed by atoms with van der Waals surface area (Å²) >= 11 is 0. The van der Waals surface area contributed by atoms with Gasteiger partial charge < -0.3 is 20.1 Å². The molecule has 5 nitrogen and oxygen atoms in total. The molecule has 1 spiro atoms. The highest BCUT2D eigenvalue weighted by Crippen LogP contribution is 2.37. The Labute approximate surface area is 155 Å². The summed E-state index contributed by atoms with van der Waals surface area (Å²) in [6, 6.07) is 11.0. The van der Waals surface area contributed by atoms with Crippen molar-refractivity contribution in [1.82, 2.24) is 10.6 Å². The van der Waals surface area contributed by atoms with Crippen molar-refractivity contribution >= 4 is 6.03 Å². The fourth-order valence-corrected chi connectivity index (χ4v) is 4.81. The number of nitrogens with one attached hydrogen (secondary N) is 2. The van der Waals surface area contributed by atoms with Crippen LogP contribution in [-0.4, -0.2) is 37.1 Å². The number of benzene rings is 1. The largest absolute Gasteiger partial charge is 0.347 e. The Hall–Kier alpha value is -1.59. The van der Waals surface area contributed by atoms with Crippen molar-refractivity contribution in [1.29, 1.82) is 0 Å². The zero-order valence-electron chi connectivity index (χ0n) is 15.4. The van der Waals surface area contributed by atoms with Crippen molar-refractivity contribution in [2.24, 2.45) is 5.92 Å². The maximum absolute atomic E-state index is 12.6. The van der Waals surface area contributed by atoms with Crippen LogP contribution in [0.2, 0.25) is 0 Å². The molecular weight excluding hydrogens is 328 g/mol. The second-order valence-corrected chi connectivity index (χ2v) is 8.01. The van der Waals surface area contributed by atoms with E-state index in [1.54, 1.807) is 0 Å². The minimum atomic E-state index is -0.432. The fourth-order valence-electron chi connectivity index (χ4n) is 4.81. The Morgan fingerprint density at radius 2 is 1.81 bits per heavy atom. The first-order chi connectivity index (χ1) is 12.7. The van der Waals surface area contributed by atoms with Crippen LogP contribution in [-0.2, 0) is 15.9 Å². The molecule has 1 saturated heterocycles. The van der Waals surface area contributed by atoms with Gasteiger partial charge in [-0.05, 0) is 37.2 Å². The number of rotatable bonds is 4. The average molecular weight is 358 g/mol. The van der Waals surface area contributed by atoms with Crippen LogP contribution in [0.3, 0.4) is 0 Å². The van der Waals surface area contributed by atoms with Crippen LogP contribution in [0.15, 0.2) is 30.3 Å². The van der Waals surface area contributed by atoms with Gasteiger partial charge in [0.05, 0.1) is 13.2 Å². The Morgan fingerprint density at radius 1 is 1.04 bits per heavy atom. The number of hydrogen-bond donors (Lipinski definition) is 2. The lowest BCUT2D eigenvalue weighted by molar-refractivity contribution is -0.151. The second kappa shape index (κ2) is 7.97. The van der Waals surface area contributed by atoms with Crippen molar-refractivity contribution in [3.05, 3.63) is 35.9 Å². The van der Waals surface area contributed by atoms with Gasteiger partial charge in [0.1, 0.15) is 0 Å². The molecule has 2 saturated carbocycles. The molecule has 3 atom stereocenters. The summed E-state index contributed by atoms with van der Waals surface area (Å²) in [6.45, 7) is 1.34. The standard InChI is InChI=1S/C21H30N2O3/c24-20(22-18-10-11-21(15-18)25-12-13-26-21)23-19-9-5-4-8-17(19)14-16-6-2-1-3-7-16/h1-3,6-7,17-19H,4-5,8-15H2,(H2,22,23,24). The van der Waals surface area contributed by atoms with Gasteiger partial charge in [0, 0.05) is 24.9 Å². The summed E-state index contributed by atoms with van der Waals surface area (Å²) in [5.74, 6) is 0.0897. The second-order valence-electron chi connectivity index (χ2n) is 8.01. The molecule has 26 heavy (non-hydrogen) atoms. The van der Waals surface area contributed by atoms with Crippen LogP contribution in [0.25, 0.3) is 0 Å². The Bertz CT molecular complexity index is 601. The van der Waals surface area contributed by atoms with Gasteiger partial charge in [0.2, 0.25) is 0 Å². The molecule has 4 rings (SSSR count). The summed E-state index contributed by atoms with van der Waals surface area (Å²) in [5.41, 5.74) is 1.36. The van der Waals surface area contributed by atoms with E-state index < -0.39 is 5.79 Å². The normalized spacial score (nSPS) is 30.4. The molecule has 5 heteroatoms. The molecule has 3 aliphatic rings. The highest BCUT2D eigenvalue weighted by atomic mass is 16.7. The predicted molar refractivity (Wildman–Crippen MR) is 99.8 cm³/mol. The lowest BCUT2D eigenvalue weighted by Crippen LogP contribution is -2.49. The number of carbonyl (C=O) groups excluding carboxylic acids is 1. The van der Waals surface area contributed by atoms with E-state index in [0.29, 0.717) is 19.1 Å². The van der Waals surface area contributed by atoms with Gasteiger partial charge in [-0.2, -0.15) is 0 Å². The summed E-state index contributed by atoms with van der Waals surface area (Å²) in [6.07, 6.45) is 8.32. The molecule has 1 aromatic carbocycles. The fraction of sp³-hybridized carbons (Fsp3) is 0.667. The number of amides is 2. The van der Waals surface area contributed by atoms with Crippen LogP contribution in [0.4, 0.5) is 4.79 Å². The zero-order valence-corrected chi connectivity index (χ0v) is 15.4. The van der Waals surface area contributed by atoms with E-state index >= 15 is 0 Å². The monoisotopic (exact) mass is 358 g/mol. The molecule has 3 fully saturated rings. The maximum Gasteiger partial charge on any atom is 0.315 e. The molecule has 2 amide bonds. The van der Waals surface area contributed by atoms with Crippen molar-refractivity contribution in [2.75, 3.05) is 13.2 Å². The first-order valence-electron chi connectivity index (χ1n) is 10.1. The topological polar surface area (TPSA) is 59.6 Å². The molecule has 0 aromatic heterocycles. The molecule has 1 aliphatic heterocycles. The van der Waals surface area contributed by atoms with Gasteiger partial charge in [-0.3, -0.25) is 0 Å². The van der Waals surface area contributed by atoms with Gasteiger partial charge in [-0.1, -0.05) is 43.2 Å². The third-order valence-corrected chi connectivity index (χ3v) is 6.15. The first-order valence-corrected chi connectivity index (χ1v) is 10.1. The molecule has 0 bridgehead atoms. The summed E-state index contributed by atoms with van der Waals surface area (Å²) in [5, 5.41) is 6.42. The van der Waals surface area contributed by atoms with Crippen molar-refractivity contribution < 1.29 is 14.3 Å². The molecule has 2 N–H and O–H groups in total. The van der Waals surface area contributed by atoms with Crippen LogP contribution in [0.1, 0.15) is 50.5 Å². The average Bonchev–Trinajstić information content (AvgIpc) is 3.27. The van der Waals surface area contributed by atoms with Gasteiger partial charge in [0.15, 0.2) is 5.79 Å². The highest BCUT2D eigenvalue weighted by molar-refractivity contribution is 5.74. The molecule has 142 valence electrons. The molecule has 2 aliphatic carbocycles. The Kier molecular flexibility index (Phi) is 5.46. The van der Waals surface area contributed by atoms with Gasteiger partial charge in [0.25, 0.3) is 0 Å². The van der Waals surface area contributed by atoms with E-state index in [0.717, 1.165) is 32.1 Å². The van der Waals surface area contributed by atoms with E-state index in [1.807, 2.05) is 0 Å². The summed E-state index contributed by atoms with van der Waals surface area (Å²) in [4.78, 5) is 12.6. The summed E-state index contributed by atoms with van der Waals surface area (Å²) in [7, 11) is 0. The highest BCUT2D eigenvalue weighted by Gasteiger charge is 2.44. The Balaban J connectivity index is 1.29. The van der Waals surface area contributed by atoms with Crippen LogP contribution < -0.4 is 10.6 Å². The SMILES string of the molecule is O=C(NC1CCC2(C1)OCCO2)NC1CCCCC1Cc1ccccc1. The third kappa shape index (κ3) is 4.21. The lowest BCUT2D eigenvalue weighted by Gasteiger charge is -2.33. The van der Waals surface area contributed by atoms with E-state index in [1.165, 1.54) is 24.8 Å². The van der Waals surface area contributed by atoms with Crippen molar-refractivity contribution in [3.8, 4) is 0 Å². The van der Waals surface area contributed by atoms with Gasteiger partial charge >= 0.3 is 6.03 Å². The minimum absolute atomic E-state index is 0.0324. The molecule has 0 radical (unpaired) electrons. The van der Waals surface area contributed by atoms with Gasteiger partial charge in [-0.25, -0.2) is 4.79 Å². The molecular formula is C21H30N2O3. The number of hydrogen-bond acceptors (Lipinski definition) is 3. The number of carbonyl (C=O) groups is 1. The van der Waals surface area contributed by atoms with E-state index in [9.17, 15) is 4.79 Å². The van der Waals surface area contributed by atoms with E-state index in [-0.39, 0.29) is 18.1 Å². The van der Waals surface area contributed by atoms with Crippen molar-refractivity contribution in [3.63, 3.8) is 0 Å². The van der Waals surface area contributed by atoms with Crippen LogP contribution in [0, 0.1) is 5.92 Å². The quantitative estimate of drug-likeness (QED) is 0.867. The van der Waals surface area contributed by atoms with Crippen LogP contribution >= 0.6 is 0 Å². The first kappa shape index (κ1) is 17.8. The molecule has 1 heterocycles. The summed E-state index contributed by atoms with van der Waals surface area (Å²) < 4.78 is 11.5. The van der Waals surface area contributed by atoms with Crippen molar-refractivity contribution in [2.45, 2.75) is 69.2 Å². The minimum Gasteiger partial charge on any atom is -0.347 e. The lowest BCUT2D eigenvalue weighted by atomic mass is 9.81. The van der Waals surface area contributed by atoms with Crippen LogP contribution in [0.5, 0.6) is 0 Å². The zero-order chi connectivity index (χ0) is 17.8. The number of urea groups is 1. The third-order valence-electron chi connectivity index (χ3n) is 6.15.